The average molecular weight is 426 g/mol. The molecule has 0 unspecified atom stereocenters. The minimum Gasteiger partial charge on any atom is -0.353 e. The Bertz CT molecular complexity index is 1050. The van der Waals surface area contributed by atoms with E-state index in [-0.39, 0.29) is 0 Å². The summed E-state index contributed by atoms with van der Waals surface area (Å²) in [4.78, 5) is 34.8. The van der Waals surface area contributed by atoms with Crippen molar-refractivity contribution in [3.63, 3.8) is 0 Å². The van der Waals surface area contributed by atoms with Crippen LogP contribution in [0.4, 0.5) is 11.4 Å². The number of fused-ring (bicyclic) bond motifs is 2. The number of rotatable bonds is 0. The predicted molar refractivity (Wildman–Crippen MR) is 116 cm³/mol. The fourth-order valence-corrected chi connectivity index (χ4v) is 6.16. The van der Waals surface area contributed by atoms with E-state index in [2.05, 4.69) is 22.2 Å². The van der Waals surface area contributed by atoms with Crippen molar-refractivity contribution in [1.29, 1.82) is 0 Å². The minimum atomic E-state index is -2.78. The van der Waals surface area contributed by atoms with Gasteiger partial charge < -0.3 is 23.5 Å². The van der Waals surface area contributed by atoms with Crippen molar-refractivity contribution in [3.8, 4) is 0 Å². The van der Waals surface area contributed by atoms with E-state index >= 15 is 0 Å². The van der Waals surface area contributed by atoms with Gasteiger partial charge in [0.15, 0.2) is 5.03 Å². The van der Waals surface area contributed by atoms with Gasteiger partial charge in [0.25, 0.3) is 0 Å². The highest BCUT2D eigenvalue weighted by molar-refractivity contribution is 8.33. The van der Waals surface area contributed by atoms with E-state index in [4.69, 9.17) is 13.4 Å². The maximum atomic E-state index is 12.3. The first kappa shape index (κ1) is 19.0. The lowest BCUT2D eigenvalue weighted by Crippen LogP contribution is -2.47. The van der Waals surface area contributed by atoms with Crippen LogP contribution in [0.25, 0.3) is 0 Å². The first-order valence-corrected chi connectivity index (χ1v) is 11.2. The lowest BCUT2D eigenvalue weighted by Gasteiger charge is -2.40. The van der Waals surface area contributed by atoms with Gasteiger partial charge in [0, 0.05) is 38.3 Å². The Morgan fingerprint density at radius 2 is 1.70 bits per heavy atom. The minimum absolute atomic E-state index is 0.577. The van der Waals surface area contributed by atoms with Crippen LogP contribution in [-0.4, -0.2) is 60.8 Å². The Kier molecular flexibility index (Phi) is 4.44. The van der Waals surface area contributed by atoms with E-state index in [1.165, 1.54) is 0 Å². The van der Waals surface area contributed by atoms with Crippen LogP contribution in [0.1, 0.15) is 6.92 Å². The molecule has 1 spiro atoms. The van der Waals surface area contributed by atoms with Gasteiger partial charge in [-0.25, -0.2) is 14.6 Å². The smallest absolute Gasteiger partial charge is 0.353 e. The fourth-order valence-electron chi connectivity index (χ4n) is 3.84. The largest absolute Gasteiger partial charge is 0.354 e. The third-order valence-electron chi connectivity index (χ3n) is 5.46. The van der Waals surface area contributed by atoms with Crippen LogP contribution >= 0.6 is 10.6 Å². The number of aliphatic imine (C=N–C) groups is 1. The summed E-state index contributed by atoms with van der Waals surface area (Å²) in [5, 5.41) is 3.97. The number of nitrogens with one attached hydrogen (secondary N) is 1. The zero-order valence-electron chi connectivity index (χ0n) is 16.8. The summed E-state index contributed by atoms with van der Waals surface area (Å²) in [6.45, 7) is 5.32. The molecule has 5 rings (SSSR count). The van der Waals surface area contributed by atoms with Crippen LogP contribution in [0.5, 0.6) is 0 Å². The molecule has 0 saturated carbocycles. The number of hydrogen-bond donors (Lipinski definition) is 1. The number of piperazine rings is 1. The van der Waals surface area contributed by atoms with E-state index in [0.29, 0.717) is 9.93 Å². The lowest BCUT2D eigenvalue weighted by atomic mass is 10.2. The van der Waals surface area contributed by atoms with Gasteiger partial charge in [-0.1, -0.05) is 12.1 Å². The van der Waals surface area contributed by atoms with Crippen molar-refractivity contribution in [2.45, 2.75) is 6.92 Å². The van der Waals surface area contributed by atoms with E-state index in [1.807, 2.05) is 37.3 Å². The highest BCUT2D eigenvalue weighted by Crippen LogP contribution is 2.69. The first-order valence-electron chi connectivity index (χ1n) is 9.76. The molecule has 4 heterocycles. The molecule has 1 aromatic rings. The molecule has 4 aliphatic rings. The lowest BCUT2D eigenvalue weighted by molar-refractivity contribution is -0.129. The van der Waals surface area contributed by atoms with E-state index in [1.54, 1.807) is 0 Å². The standard InChI is InChI=1S/C21H22N4O4S/c1-14-13-15-20(25-11-9-24(2)10-12-25)22-16-5-3-4-6-17(16)23-21(15)30(14)28-18(26)7-8-19(27)29-30/h3-8,13,23H,9-12H2,1-2H3. The number of likely N-dealkylation sites (N-methyl/N-ethyl adjacent to an activating group) is 1. The molecule has 30 heavy (non-hydrogen) atoms. The number of carbonyl (C=O) groups is 2. The van der Waals surface area contributed by atoms with Crippen molar-refractivity contribution in [1.82, 2.24) is 9.80 Å². The number of allylic oxidation sites excluding steroid dienone is 1. The summed E-state index contributed by atoms with van der Waals surface area (Å²) in [6.07, 6.45) is 4.14. The zero-order chi connectivity index (χ0) is 20.9. The van der Waals surface area contributed by atoms with Crippen molar-refractivity contribution in [2.24, 2.45) is 4.99 Å². The normalized spacial score (nSPS) is 24.0. The van der Waals surface area contributed by atoms with Gasteiger partial charge in [-0.2, -0.15) is 0 Å². The maximum absolute atomic E-state index is 12.3. The van der Waals surface area contributed by atoms with Crippen molar-refractivity contribution in [3.05, 3.63) is 58.0 Å². The highest BCUT2D eigenvalue weighted by atomic mass is 32.3. The molecule has 156 valence electrons. The molecule has 0 aromatic heterocycles. The molecule has 1 fully saturated rings. The van der Waals surface area contributed by atoms with E-state index in [0.717, 1.165) is 61.1 Å². The second kappa shape index (κ2) is 7.03. The number of amidine groups is 1. The molecule has 1 aromatic carbocycles. The van der Waals surface area contributed by atoms with Crippen molar-refractivity contribution >= 4 is 39.7 Å². The SMILES string of the molecule is CC1=CC2=C(Nc3ccccc3N=C2N2CCN(C)CC2)S12OC(=O)C=CC(=O)O2. The molecule has 0 atom stereocenters. The summed E-state index contributed by atoms with van der Waals surface area (Å²) >= 11 is 0. The number of nitrogens with zero attached hydrogens (tertiary/aromatic N) is 3. The monoisotopic (exact) mass is 426 g/mol. The molecule has 8 nitrogen and oxygen atoms in total. The molecule has 1 N–H and O–H groups in total. The first-order chi connectivity index (χ1) is 14.5. The van der Waals surface area contributed by atoms with Gasteiger partial charge in [0.2, 0.25) is 0 Å². The van der Waals surface area contributed by atoms with Gasteiger partial charge in [0.05, 0.1) is 21.9 Å². The molecular formula is C21H22N4O4S. The fraction of sp³-hybridized carbons (Fsp3) is 0.286. The quantitative estimate of drug-likeness (QED) is 0.683. The third-order valence-corrected chi connectivity index (χ3v) is 8.08. The topological polar surface area (TPSA) is 83.5 Å². The van der Waals surface area contributed by atoms with Crippen LogP contribution < -0.4 is 5.32 Å². The molecular weight excluding hydrogens is 404 g/mol. The average Bonchev–Trinajstić information content (AvgIpc) is 2.86. The number of para-hydroxylation sites is 2. The van der Waals surface area contributed by atoms with Crippen LogP contribution in [0.15, 0.2) is 63.0 Å². The molecule has 9 heteroatoms. The van der Waals surface area contributed by atoms with Crippen LogP contribution in [0, 0.1) is 0 Å². The summed E-state index contributed by atoms with van der Waals surface area (Å²) in [6, 6.07) is 7.69. The number of benzene rings is 1. The Labute approximate surface area is 176 Å². The van der Waals surface area contributed by atoms with Gasteiger partial charge in [-0.3, -0.25) is 0 Å². The van der Waals surface area contributed by atoms with Gasteiger partial charge in [-0.05, 0) is 42.8 Å². The Morgan fingerprint density at radius 3 is 2.40 bits per heavy atom. The number of hydrogen-bond acceptors (Lipinski definition) is 8. The van der Waals surface area contributed by atoms with Crippen molar-refractivity contribution in [2.75, 3.05) is 38.5 Å². The predicted octanol–water partition coefficient (Wildman–Crippen LogP) is 2.81. The third kappa shape index (κ3) is 3.01. The molecule has 0 amide bonds. The van der Waals surface area contributed by atoms with E-state index < -0.39 is 22.5 Å². The van der Waals surface area contributed by atoms with Gasteiger partial charge >= 0.3 is 11.9 Å². The van der Waals surface area contributed by atoms with Gasteiger partial charge in [-0.15, -0.1) is 0 Å². The van der Waals surface area contributed by atoms with Crippen LogP contribution in [0.3, 0.4) is 0 Å². The zero-order valence-corrected chi connectivity index (χ0v) is 17.6. The molecule has 0 bridgehead atoms. The Hall–Kier alpha value is -3.04. The number of anilines is 1. The highest BCUT2D eigenvalue weighted by Gasteiger charge is 2.45. The molecule has 4 aliphatic heterocycles. The molecule has 0 radical (unpaired) electrons. The van der Waals surface area contributed by atoms with Crippen molar-refractivity contribution < 1.29 is 18.0 Å². The van der Waals surface area contributed by atoms with E-state index in [9.17, 15) is 9.59 Å². The summed E-state index contributed by atoms with van der Waals surface area (Å²) < 4.78 is 11.6. The van der Waals surface area contributed by atoms with Gasteiger partial charge in [0.1, 0.15) is 5.84 Å². The summed E-state index contributed by atoms with van der Waals surface area (Å²) in [5.41, 5.74) is 2.35. The second-order valence-corrected chi connectivity index (χ2v) is 9.90. The summed E-state index contributed by atoms with van der Waals surface area (Å²) in [7, 11) is -0.674. The second-order valence-electron chi connectivity index (χ2n) is 7.51. The maximum Gasteiger partial charge on any atom is 0.354 e. The summed E-state index contributed by atoms with van der Waals surface area (Å²) in [5.74, 6) is -0.409. The molecule has 0 aliphatic carbocycles. The number of carbonyl (C=O) groups excluding carboxylic acids is 2. The molecule has 1 saturated heterocycles. The Morgan fingerprint density at radius 1 is 1.03 bits per heavy atom. The van der Waals surface area contributed by atoms with Crippen LogP contribution in [0.2, 0.25) is 0 Å². The Balaban J connectivity index is 1.67. The van der Waals surface area contributed by atoms with Crippen LogP contribution in [-0.2, 0) is 18.0 Å².